The van der Waals surface area contributed by atoms with Crippen LogP contribution >= 0.6 is 0 Å². The Balaban J connectivity index is 0.000000308. The molecule has 0 unspecified atom stereocenters. The Morgan fingerprint density at radius 1 is 1.20 bits per heavy atom. The Hall–Kier alpha value is -3.99. The number of nitrogens with two attached hydrogens (primary N) is 1. The third-order valence-corrected chi connectivity index (χ3v) is 6.10. The van der Waals surface area contributed by atoms with Crippen LogP contribution in [0.5, 0.6) is 5.75 Å². The maximum atomic E-state index is 12.5. The summed E-state index contributed by atoms with van der Waals surface area (Å²) in [4.78, 5) is 45.7. The summed E-state index contributed by atoms with van der Waals surface area (Å²) in [5.74, 6) is -0.449. The molecule has 3 heterocycles. The summed E-state index contributed by atoms with van der Waals surface area (Å²) < 4.78 is 5.29. The smallest absolute Gasteiger partial charge is 0.339 e. The topological polar surface area (TPSA) is 172 Å². The molecule has 1 fully saturated rings. The Morgan fingerprint density at radius 3 is 2.71 bits per heavy atom. The number of carbonyl (C=O) groups is 3. The molecule has 5 rings (SSSR count). The van der Waals surface area contributed by atoms with E-state index in [1.807, 2.05) is 0 Å². The van der Waals surface area contributed by atoms with Crippen LogP contribution in [0.15, 0.2) is 30.7 Å². The predicted octanol–water partition coefficient (Wildman–Crippen LogP) is 2.44. The van der Waals surface area contributed by atoms with Gasteiger partial charge in [0, 0.05) is 12.7 Å². The summed E-state index contributed by atoms with van der Waals surface area (Å²) in [5, 5.41) is 14.6. The van der Waals surface area contributed by atoms with Crippen molar-refractivity contribution >= 4 is 34.5 Å². The number of hydrogen-bond acceptors (Lipinski definition) is 7. The van der Waals surface area contributed by atoms with Crippen LogP contribution in [0.4, 0.5) is 5.69 Å². The third-order valence-electron chi connectivity index (χ3n) is 6.10. The second kappa shape index (κ2) is 11.0. The van der Waals surface area contributed by atoms with Gasteiger partial charge >= 0.3 is 5.97 Å². The first-order valence-corrected chi connectivity index (χ1v) is 11.6. The number of H-pyrrole nitrogens is 1. The van der Waals surface area contributed by atoms with Gasteiger partial charge < -0.3 is 31.2 Å². The highest BCUT2D eigenvalue weighted by Crippen LogP contribution is 2.28. The van der Waals surface area contributed by atoms with Gasteiger partial charge in [-0.05, 0) is 43.0 Å². The Bertz CT molecular complexity index is 1230. The maximum absolute atomic E-state index is 12.5. The van der Waals surface area contributed by atoms with E-state index in [9.17, 15) is 14.4 Å². The van der Waals surface area contributed by atoms with E-state index in [0.29, 0.717) is 11.4 Å². The van der Waals surface area contributed by atoms with Crippen molar-refractivity contribution in [3.05, 3.63) is 47.5 Å². The summed E-state index contributed by atoms with van der Waals surface area (Å²) in [6.07, 6.45) is 9.46. The molecule has 1 aliphatic carbocycles. The van der Waals surface area contributed by atoms with Crippen LogP contribution in [0.1, 0.15) is 58.5 Å². The van der Waals surface area contributed by atoms with Crippen LogP contribution in [0.2, 0.25) is 0 Å². The fraction of sp³-hybridized carbons (Fsp3) is 0.375. The summed E-state index contributed by atoms with van der Waals surface area (Å²) in [7, 11) is 0. The zero-order valence-corrected chi connectivity index (χ0v) is 19.2. The van der Waals surface area contributed by atoms with Gasteiger partial charge in [-0.3, -0.25) is 9.59 Å². The Morgan fingerprint density at radius 2 is 2.00 bits per heavy atom. The number of nitrogens with zero attached hydrogens (tertiary/aromatic N) is 2. The van der Waals surface area contributed by atoms with E-state index >= 15 is 0 Å². The molecule has 6 N–H and O–H groups in total. The monoisotopic (exact) mass is 480 g/mol. The van der Waals surface area contributed by atoms with E-state index < -0.39 is 11.9 Å². The van der Waals surface area contributed by atoms with Gasteiger partial charge in [-0.15, -0.1) is 0 Å². The van der Waals surface area contributed by atoms with Crippen molar-refractivity contribution in [1.29, 1.82) is 0 Å². The van der Waals surface area contributed by atoms with Gasteiger partial charge in [-0.2, -0.15) is 0 Å². The zero-order chi connectivity index (χ0) is 24.8. The van der Waals surface area contributed by atoms with Crippen LogP contribution in [0.25, 0.3) is 11.0 Å². The SMILES string of the molecule is NCC1CCCCC1.O=C1COc2ccc(CNC(=O)c3ncnc4c(C(=O)O)c[nH]c34)cc2N1. The van der Waals surface area contributed by atoms with Gasteiger partial charge in [0.25, 0.3) is 11.8 Å². The molecule has 35 heavy (non-hydrogen) atoms. The number of hydrogen-bond donors (Lipinski definition) is 5. The summed E-state index contributed by atoms with van der Waals surface area (Å²) in [5.41, 5.74) is 7.21. The molecule has 11 nitrogen and oxygen atoms in total. The highest BCUT2D eigenvalue weighted by atomic mass is 16.5. The fourth-order valence-corrected chi connectivity index (χ4v) is 4.20. The van der Waals surface area contributed by atoms with Gasteiger partial charge in [-0.1, -0.05) is 25.3 Å². The molecule has 2 aromatic heterocycles. The van der Waals surface area contributed by atoms with E-state index in [4.69, 9.17) is 15.6 Å². The first-order chi connectivity index (χ1) is 17.0. The molecule has 3 aromatic rings. The van der Waals surface area contributed by atoms with Gasteiger partial charge in [0.05, 0.1) is 11.2 Å². The minimum absolute atomic E-state index is 0.0265. The van der Waals surface area contributed by atoms with Crippen molar-refractivity contribution in [2.45, 2.75) is 38.6 Å². The number of aromatic nitrogens is 3. The van der Waals surface area contributed by atoms with Gasteiger partial charge in [0.2, 0.25) is 0 Å². The minimum Gasteiger partial charge on any atom is -0.482 e. The summed E-state index contributed by atoms with van der Waals surface area (Å²) in [6, 6.07) is 5.19. The largest absolute Gasteiger partial charge is 0.482 e. The Kier molecular flexibility index (Phi) is 7.56. The number of anilines is 1. The number of aromatic amines is 1. The van der Waals surface area contributed by atoms with Crippen LogP contribution in [0.3, 0.4) is 0 Å². The number of rotatable bonds is 5. The molecule has 0 saturated heterocycles. The molecule has 0 radical (unpaired) electrons. The van der Waals surface area contributed by atoms with Crippen LogP contribution in [0, 0.1) is 5.92 Å². The molecular formula is C24H28N6O5. The van der Waals surface area contributed by atoms with Gasteiger partial charge in [-0.25, -0.2) is 14.8 Å². The molecule has 0 atom stereocenters. The lowest BCUT2D eigenvalue weighted by molar-refractivity contribution is -0.118. The normalized spacial score (nSPS) is 15.3. The molecule has 0 spiro atoms. The molecule has 0 bridgehead atoms. The molecule has 1 saturated carbocycles. The number of carboxylic acids is 1. The second-order valence-electron chi connectivity index (χ2n) is 8.54. The lowest BCUT2D eigenvalue weighted by atomic mass is 9.90. The number of fused-ring (bicyclic) bond motifs is 2. The van der Waals surface area contributed by atoms with Crippen LogP contribution < -0.4 is 21.1 Å². The molecule has 184 valence electrons. The highest BCUT2D eigenvalue weighted by Gasteiger charge is 2.20. The molecule has 2 aliphatic rings. The molecule has 1 aromatic carbocycles. The third kappa shape index (κ3) is 5.75. The number of carbonyl (C=O) groups excluding carboxylic acids is 2. The Labute approximate surface area is 201 Å². The number of aromatic carboxylic acids is 1. The quantitative estimate of drug-likeness (QED) is 0.370. The van der Waals surface area contributed by atoms with Crippen molar-refractivity contribution in [3.63, 3.8) is 0 Å². The average Bonchev–Trinajstić information content (AvgIpc) is 3.32. The molecule has 1 aliphatic heterocycles. The van der Waals surface area contributed by atoms with E-state index in [0.717, 1.165) is 24.4 Å². The van der Waals surface area contributed by atoms with E-state index in [1.165, 1.54) is 38.3 Å². The maximum Gasteiger partial charge on any atom is 0.339 e. The fourth-order valence-electron chi connectivity index (χ4n) is 4.20. The second-order valence-corrected chi connectivity index (χ2v) is 8.54. The zero-order valence-electron chi connectivity index (χ0n) is 19.2. The molecular weight excluding hydrogens is 452 g/mol. The number of carboxylic acid groups (broad SMARTS) is 1. The lowest BCUT2D eigenvalue weighted by Crippen LogP contribution is -2.26. The van der Waals surface area contributed by atoms with Crippen molar-refractivity contribution in [1.82, 2.24) is 20.3 Å². The van der Waals surface area contributed by atoms with Crippen molar-refractivity contribution in [2.75, 3.05) is 18.5 Å². The van der Waals surface area contributed by atoms with Gasteiger partial charge in [0.15, 0.2) is 12.3 Å². The molecule has 2 amide bonds. The number of nitrogens with one attached hydrogen (secondary N) is 3. The van der Waals surface area contributed by atoms with E-state index in [2.05, 4.69) is 25.6 Å². The minimum atomic E-state index is -1.15. The first kappa shape index (κ1) is 24.1. The first-order valence-electron chi connectivity index (χ1n) is 11.6. The summed E-state index contributed by atoms with van der Waals surface area (Å²) >= 11 is 0. The predicted molar refractivity (Wildman–Crippen MR) is 128 cm³/mol. The van der Waals surface area contributed by atoms with E-state index in [-0.39, 0.29) is 41.3 Å². The highest BCUT2D eigenvalue weighted by molar-refractivity contribution is 6.08. The van der Waals surface area contributed by atoms with Crippen LogP contribution in [-0.2, 0) is 11.3 Å². The van der Waals surface area contributed by atoms with Crippen molar-refractivity contribution in [2.24, 2.45) is 11.7 Å². The number of benzene rings is 1. The standard InChI is InChI=1S/C17H13N5O5.C7H15N/c23-12-6-27-11-2-1-8(3-10(11)22-12)4-19-16(24)15-14-13(20-7-21-15)9(5-18-14)17(25)26;8-6-7-4-2-1-3-5-7/h1-3,5,7,18H,4,6H2,(H,19,24)(H,22,23)(H,25,26);7H,1-6,8H2. The lowest BCUT2D eigenvalue weighted by Gasteiger charge is -2.18. The van der Waals surface area contributed by atoms with Crippen molar-refractivity contribution in [3.8, 4) is 5.75 Å². The van der Waals surface area contributed by atoms with Crippen LogP contribution in [-0.4, -0.2) is 51.0 Å². The average molecular weight is 481 g/mol. The number of ether oxygens (including phenoxy) is 1. The van der Waals surface area contributed by atoms with Gasteiger partial charge in [0.1, 0.15) is 23.2 Å². The van der Waals surface area contributed by atoms with Crippen molar-refractivity contribution < 1.29 is 24.2 Å². The van der Waals surface area contributed by atoms with E-state index in [1.54, 1.807) is 18.2 Å². The number of amides is 2. The summed E-state index contributed by atoms with van der Waals surface area (Å²) in [6.45, 7) is 1.07. The molecule has 11 heteroatoms.